The first-order valence-corrected chi connectivity index (χ1v) is 4.18. The molecule has 0 bridgehead atoms. The third kappa shape index (κ3) is 8.60. The van der Waals surface area contributed by atoms with Crippen molar-refractivity contribution in [1.29, 1.82) is 0 Å². The lowest BCUT2D eigenvalue weighted by Gasteiger charge is -1.80. The summed E-state index contributed by atoms with van der Waals surface area (Å²) in [6, 6.07) is 3.79. The summed E-state index contributed by atoms with van der Waals surface area (Å²) in [4.78, 5) is 10.2. The second-order valence-electron chi connectivity index (χ2n) is 3.06. The quantitative estimate of drug-likeness (QED) is 0.621. The van der Waals surface area contributed by atoms with Crippen LogP contribution in [0.2, 0.25) is 0 Å². The molecule has 0 spiro atoms. The predicted molar refractivity (Wildman–Crippen MR) is 53.6 cm³/mol. The minimum atomic E-state index is 0.125. The van der Waals surface area contributed by atoms with Gasteiger partial charge in [0, 0.05) is 0 Å². The Kier molecular flexibility index (Phi) is 5.60. The van der Waals surface area contributed by atoms with E-state index < -0.39 is 0 Å². The number of aryl methyl sites for hydroxylation is 1. The molecule has 13 heavy (non-hydrogen) atoms. The number of hydrogen-bond acceptors (Lipinski definition) is 2. The lowest BCUT2D eigenvalue weighted by Crippen LogP contribution is -1.80. The van der Waals surface area contributed by atoms with E-state index in [4.69, 9.17) is 4.42 Å². The average molecular weight is 180 g/mol. The van der Waals surface area contributed by atoms with Crippen molar-refractivity contribution in [2.45, 2.75) is 27.7 Å². The molecule has 1 rings (SSSR count). The van der Waals surface area contributed by atoms with E-state index in [0.29, 0.717) is 0 Å². The van der Waals surface area contributed by atoms with Crippen LogP contribution in [-0.2, 0) is 4.79 Å². The molecule has 2 nitrogen and oxygen atoms in total. The fourth-order valence-corrected chi connectivity index (χ4v) is 0.767. The number of allylic oxidation sites excluding steroid dienone is 2. The van der Waals surface area contributed by atoms with E-state index in [1.54, 1.807) is 19.3 Å². The third-order valence-corrected chi connectivity index (χ3v) is 1.16. The molecule has 0 aromatic carbocycles. The Hall–Kier alpha value is -1.31. The summed E-state index contributed by atoms with van der Waals surface area (Å²) >= 11 is 0. The number of ketones is 1. The van der Waals surface area contributed by atoms with Gasteiger partial charge in [0.25, 0.3) is 0 Å². The SMILES string of the molecule is CC(=O)C=C(C)C.Cc1ccco1. The topological polar surface area (TPSA) is 30.2 Å². The van der Waals surface area contributed by atoms with Crippen molar-refractivity contribution in [1.82, 2.24) is 0 Å². The minimum Gasteiger partial charge on any atom is -0.470 e. The summed E-state index contributed by atoms with van der Waals surface area (Å²) in [6.07, 6.45) is 3.27. The van der Waals surface area contributed by atoms with Crippen LogP contribution in [0.1, 0.15) is 26.5 Å². The summed E-state index contributed by atoms with van der Waals surface area (Å²) in [5, 5.41) is 0. The van der Waals surface area contributed by atoms with Gasteiger partial charge in [0.1, 0.15) is 5.76 Å². The second-order valence-corrected chi connectivity index (χ2v) is 3.06. The van der Waals surface area contributed by atoms with Gasteiger partial charge in [0.2, 0.25) is 0 Å². The van der Waals surface area contributed by atoms with Crippen LogP contribution in [-0.4, -0.2) is 5.78 Å². The molecule has 1 aromatic heterocycles. The Morgan fingerprint density at radius 2 is 2.00 bits per heavy atom. The van der Waals surface area contributed by atoms with Gasteiger partial charge in [-0.15, -0.1) is 0 Å². The third-order valence-electron chi connectivity index (χ3n) is 1.16. The molecule has 2 heteroatoms. The molecular formula is C11H16O2. The monoisotopic (exact) mass is 180 g/mol. The second kappa shape index (κ2) is 6.23. The highest BCUT2D eigenvalue weighted by Gasteiger charge is 1.80. The van der Waals surface area contributed by atoms with Gasteiger partial charge in [0.05, 0.1) is 6.26 Å². The van der Waals surface area contributed by atoms with Gasteiger partial charge >= 0.3 is 0 Å². The van der Waals surface area contributed by atoms with E-state index >= 15 is 0 Å². The maximum Gasteiger partial charge on any atom is 0.152 e. The number of hydrogen-bond donors (Lipinski definition) is 0. The van der Waals surface area contributed by atoms with Crippen molar-refractivity contribution in [2.75, 3.05) is 0 Å². The summed E-state index contributed by atoms with van der Waals surface area (Å²) in [5.74, 6) is 1.09. The number of carbonyl (C=O) groups is 1. The highest BCUT2D eigenvalue weighted by atomic mass is 16.3. The molecule has 0 fully saturated rings. The molecule has 0 aliphatic rings. The van der Waals surface area contributed by atoms with Crippen molar-refractivity contribution in [3.63, 3.8) is 0 Å². The molecule has 0 N–H and O–H groups in total. The molecule has 1 heterocycles. The van der Waals surface area contributed by atoms with Gasteiger partial charge < -0.3 is 4.42 Å². The van der Waals surface area contributed by atoms with Crippen LogP contribution in [0.15, 0.2) is 34.5 Å². The van der Waals surface area contributed by atoms with Crippen molar-refractivity contribution in [3.8, 4) is 0 Å². The van der Waals surface area contributed by atoms with E-state index in [1.807, 2.05) is 32.9 Å². The summed E-state index contributed by atoms with van der Waals surface area (Å²) in [6.45, 7) is 7.27. The van der Waals surface area contributed by atoms with Crippen LogP contribution in [0.3, 0.4) is 0 Å². The van der Waals surface area contributed by atoms with Crippen molar-refractivity contribution in [3.05, 3.63) is 35.8 Å². The molecule has 0 radical (unpaired) electrons. The van der Waals surface area contributed by atoms with Gasteiger partial charge in [0.15, 0.2) is 5.78 Å². The molecule has 0 aliphatic carbocycles. The predicted octanol–water partition coefficient (Wildman–Crippen LogP) is 3.13. The zero-order valence-electron chi connectivity index (χ0n) is 8.63. The van der Waals surface area contributed by atoms with Gasteiger partial charge in [-0.25, -0.2) is 0 Å². The summed E-state index contributed by atoms with van der Waals surface area (Å²) < 4.78 is 4.83. The van der Waals surface area contributed by atoms with E-state index in [2.05, 4.69) is 0 Å². The largest absolute Gasteiger partial charge is 0.470 e. The average Bonchev–Trinajstić information content (AvgIpc) is 2.37. The highest BCUT2D eigenvalue weighted by Crippen LogP contribution is 1.93. The van der Waals surface area contributed by atoms with Gasteiger partial charge in [-0.2, -0.15) is 0 Å². The molecule has 0 saturated carbocycles. The van der Waals surface area contributed by atoms with Crippen molar-refractivity contribution >= 4 is 5.78 Å². The zero-order valence-corrected chi connectivity index (χ0v) is 8.63. The molecule has 0 unspecified atom stereocenters. The van der Waals surface area contributed by atoms with Crippen LogP contribution in [0, 0.1) is 6.92 Å². The van der Waals surface area contributed by atoms with E-state index in [9.17, 15) is 4.79 Å². The normalized spacial score (nSPS) is 8.31. The van der Waals surface area contributed by atoms with Crippen LogP contribution in [0.5, 0.6) is 0 Å². The van der Waals surface area contributed by atoms with Crippen molar-refractivity contribution in [2.24, 2.45) is 0 Å². The smallest absolute Gasteiger partial charge is 0.152 e. The first-order chi connectivity index (χ1) is 6.02. The van der Waals surface area contributed by atoms with E-state index in [-0.39, 0.29) is 5.78 Å². The first-order valence-electron chi connectivity index (χ1n) is 4.18. The molecule has 0 aliphatic heterocycles. The van der Waals surface area contributed by atoms with Crippen molar-refractivity contribution < 1.29 is 9.21 Å². The fraction of sp³-hybridized carbons (Fsp3) is 0.364. The number of rotatable bonds is 1. The molecule has 72 valence electrons. The molecular weight excluding hydrogens is 164 g/mol. The molecule has 1 aromatic rings. The lowest BCUT2D eigenvalue weighted by molar-refractivity contribution is -0.112. The Morgan fingerprint density at radius 1 is 1.38 bits per heavy atom. The van der Waals surface area contributed by atoms with Gasteiger partial charge in [-0.05, 0) is 45.9 Å². The number of furan rings is 1. The van der Waals surface area contributed by atoms with Crippen LogP contribution in [0.25, 0.3) is 0 Å². The van der Waals surface area contributed by atoms with Crippen LogP contribution >= 0.6 is 0 Å². The molecule has 0 saturated heterocycles. The maximum absolute atomic E-state index is 10.2. The zero-order chi connectivity index (χ0) is 10.3. The minimum absolute atomic E-state index is 0.125. The lowest BCUT2D eigenvalue weighted by atomic mass is 10.3. The fourth-order valence-electron chi connectivity index (χ4n) is 0.767. The summed E-state index contributed by atoms with van der Waals surface area (Å²) in [7, 11) is 0. The van der Waals surface area contributed by atoms with Gasteiger partial charge in [-0.3, -0.25) is 4.79 Å². The van der Waals surface area contributed by atoms with E-state index in [0.717, 1.165) is 11.3 Å². The van der Waals surface area contributed by atoms with E-state index in [1.165, 1.54) is 0 Å². The summed E-state index contributed by atoms with van der Waals surface area (Å²) in [5.41, 5.74) is 1.06. The molecule has 0 amide bonds. The Labute approximate surface area is 79.3 Å². The first kappa shape index (κ1) is 11.7. The highest BCUT2D eigenvalue weighted by molar-refractivity contribution is 5.87. The standard InChI is InChI=1S/C6H10O.C5H6O/c1-5(2)4-6(3)7;1-5-3-2-4-6-5/h4H,1-3H3;2-4H,1H3. The Balaban J connectivity index is 0.000000223. The Morgan fingerprint density at radius 3 is 2.08 bits per heavy atom. The van der Waals surface area contributed by atoms with Gasteiger partial charge in [-0.1, -0.05) is 5.57 Å². The number of carbonyl (C=O) groups excluding carboxylic acids is 1. The van der Waals surface area contributed by atoms with Crippen LogP contribution in [0.4, 0.5) is 0 Å². The Bertz CT molecular complexity index is 264. The molecule has 0 atom stereocenters. The van der Waals surface area contributed by atoms with Crippen LogP contribution < -0.4 is 0 Å². The maximum atomic E-state index is 10.2.